The number of nitrogens with zero attached hydrogens (tertiary/aromatic N) is 5. The third-order valence-corrected chi connectivity index (χ3v) is 9.49. The van der Waals surface area contributed by atoms with E-state index in [0.29, 0.717) is 17.8 Å². The summed E-state index contributed by atoms with van der Waals surface area (Å²) in [6, 6.07) is 30.2. The summed E-state index contributed by atoms with van der Waals surface area (Å²) in [6.07, 6.45) is 1.91. The Morgan fingerprint density at radius 2 is 1.62 bits per heavy atom. The van der Waals surface area contributed by atoms with Crippen molar-refractivity contribution < 1.29 is 9.53 Å². The summed E-state index contributed by atoms with van der Waals surface area (Å²) in [5, 5.41) is 15.5. The molecule has 1 unspecified atom stereocenters. The summed E-state index contributed by atoms with van der Waals surface area (Å²) in [4.78, 5) is 19.5. The van der Waals surface area contributed by atoms with Crippen LogP contribution in [0.25, 0.3) is 38.1 Å². The molecule has 1 amide bonds. The molecule has 9 heteroatoms. The van der Waals surface area contributed by atoms with E-state index >= 15 is 0 Å². The minimum Gasteiger partial charge on any atom is -0.497 e. The normalized spacial score (nSPS) is 12.1. The lowest BCUT2D eigenvalue weighted by atomic mass is 10.1. The predicted octanol–water partition coefficient (Wildman–Crippen LogP) is 7.66. The maximum atomic E-state index is 13.7. The fraction of sp³-hybridized carbons (Fsp3) is 0.167. The van der Waals surface area contributed by atoms with E-state index in [0.717, 1.165) is 49.2 Å². The zero-order valence-corrected chi connectivity index (χ0v) is 26.3. The van der Waals surface area contributed by atoms with Crippen LogP contribution in [-0.4, -0.2) is 37.6 Å². The molecule has 0 aliphatic heterocycles. The van der Waals surface area contributed by atoms with E-state index in [-0.39, 0.29) is 11.9 Å². The molecule has 0 bridgehead atoms. The minimum absolute atomic E-state index is 0.184. The lowest BCUT2D eigenvalue weighted by Gasteiger charge is -2.15. The van der Waals surface area contributed by atoms with Crippen LogP contribution in [0.2, 0.25) is 0 Å². The number of thiazole rings is 1. The number of carbonyl (C=O) groups is 1. The van der Waals surface area contributed by atoms with Crippen molar-refractivity contribution in [3.05, 3.63) is 125 Å². The SMILES string of the molecule is COc1ccc(-c2nc(C)c(C(C)NC(=O)c3ccc(C)cc3-n3cc(Cn4c5ccccc5c5ccccc54)nn3)s2)cc1. The number of methoxy groups -OCH3 is 1. The number of aryl methyl sites for hydroxylation is 2. The van der Waals surface area contributed by atoms with Crippen molar-refractivity contribution in [1.82, 2.24) is 29.9 Å². The maximum absolute atomic E-state index is 13.7. The number of amides is 1. The zero-order chi connectivity index (χ0) is 31.1. The maximum Gasteiger partial charge on any atom is 0.253 e. The van der Waals surface area contributed by atoms with E-state index in [1.807, 2.05) is 69.4 Å². The number of ether oxygens (including phenoxy) is 1. The Balaban J connectivity index is 1.15. The first-order valence-electron chi connectivity index (χ1n) is 14.8. The minimum atomic E-state index is -0.238. The molecule has 7 aromatic rings. The highest BCUT2D eigenvalue weighted by Gasteiger charge is 2.21. The van der Waals surface area contributed by atoms with Gasteiger partial charge in [-0.25, -0.2) is 9.67 Å². The summed E-state index contributed by atoms with van der Waals surface area (Å²) >= 11 is 1.58. The quantitative estimate of drug-likeness (QED) is 0.190. The van der Waals surface area contributed by atoms with Gasteiger partial charge in [0.2, 0.25) is 0 Å². The summed E-state index contributed by atoms with van der Waals surface area (Å²) < 4.78 is 9.26. The fourth-order valence-electron chi connectivity index (χ4n) is 5.85. The molecule has 8 nitrogen and oxygen atoms in total. The molecule has 45 heavy (non-hydrogen) atoms. The first-order chi connectivity index (χ1) is 21.9. The van der Waals surface area contributed by atoms with Gasteiger partial charge < -0.3 is 14.6 Å². The second-order valence-electron chi connectivity index (χ2n) is 11.2. The van der Waals surface area contributed by atoms with Crippen LogP contribution in [-0.2, 0) is 6.54 Å². The highest BCUT2D eigenvalue weighted by atomic mass is 32.1. The van der Waals surface area contributed by atoms with Crippen LogP contribution in [0, 0.1) is 13.8 Å². The van der Waals surface area contributed by atoms with Gasteiger partial charge in [0.1, 0.15) is 16.5 Å². The van der Waals surface area contributed by atoms with Gasteiger partial charge in [-0.2, -0.15) is 0 Å². The topological polar surface area (TPSA) is 86.9 Å². The zero-order valence-electron chi connectivity index (χ0n) is 25.5. The molecule has 3 heterocycles. The lowest BCUT2D eigenvalue weighted by molar-refractivity contribution is 0.0940. The molecular weight excluding hydrogens is 581 g/mol. The molecule has 224 valence electrons. The van der Waals surface area contributed by atoms with Gasteiger partial charge in [0.05, 0.1) is 47.7 Å². The van der Waals surface area contributed by atoms with E-state index in [1.165, 1.54) is 10.8 Å². The average molecular weight is 613 g/mol. The number of rotatable bonds is 8. The highest BCUT2D eigenvalue weighted by Crippen LogP contribution is 2.33. The highest BCUT2D eigenvalue weighted by molar-refractivity contribution is 7.15. The Morgan fingerprint density at radius 1 is 0.933 bits per heavy atom. The molecule has 0 fully saturated rings. The van der Waals surface area contributed by atoms with Crippen molar-refractivity contribution in [1.29, 1.82) is 0 Å². The Labute approximate surface area is 264 Å². The van der Waals surface area contributed by atoms with Gasteiger partial charge in [-0.1, -0.05) is 47.7 Å². The molecule has 0 saturated heterocycles. The Hall–Kier alpha value is -5.28. The van der Waals surface area contributed by atoms with Gasteiger partial charge in [-0.15, -0.1) is 16.4 Å². The summed E-state index contributed by atoms with van der Waals surface area (Å²) in [6.45, 7) is 6.53. The number of carbonyl (C=O) groups excluding carboxylic acids is 1. The number of hydrogen-bond acceptors (Lipinski definition) is 6. The average Bonchev–Trinajstić information content (AvgIpc) is 3.78. The van der Waals surface area contributed by atoms with Crippen molar-refractivity contribution in [2.75, 3.05) is 7.11 Å². The van der Waals surface area contributed by atoms with E-state index in [9.17, 15) is 4.79 Å². The van der Waals surface area contributed by atoms with E-state index < -0.39 is 0 Å². The van der Waals surface area contributed by atoms with Crippen LogP contribution in [0.5, 0.6) is 5.75 Å². The first kappa shape index (κ1) is 28.5. The van der Waals surface area contributed by atoms with Crippen LogP contribution in [0.15, 0.2) is 97.2 Å². The van der Waals surface area contributed by atoms with Crippen molar-refractivity contribution in [3.8, 4) is 22.0 Å². The van der Waals surface area contributed by atoms with Crippen LogP contribution >= 0.6 is 11.3 Å². The monoisotopic (exact) mass is 612 g/mol. The third kappa shape index (κ3) is 5.36. The van der Waals surface area contributed by atoms with Crippen molar-refractivity contribution in [2.45, 2.75) is 33.4 Å². The molecule has 7 rings (SSSR count). The first-order valence-corrected chi connectivity index (χ1v) is 15.6. The number of benzene rings is 4. The second-order valence-corrected chi connectivity index (χ2v) is 12.2. The van der Waals surface area contributed by atoms with Gasteiger partial charge in [0.15, 0.2) is 0 Å². The number of hydrogen-bond donors (Lipinski definition) is 1. The Morgan fingerprint density at radius 3 is 2.31 bits per heavy atom. The van der Waals surface area contributed by atoms with Crippen LogP contribution in [0.3, 0.4) is 0 Å². The van der Waals surface area contributed by atoms with Gasteiger partial charge in [-0.05, 0) is 74.9 Å². The molecule has 1 N–H and O–H groups in total. The summed E-state index contributed by atoms with van der Waals surface area (Å²) in [5.41, 5.74) is 7.23. The summed E-state index contributed by atoms with van der Waals surface area (Å²) in [5.74, 6) is 0.615. The molecule has 0 radical (unpaired) electrons. The standard InChI is InChI=1S/C36H32N6O2S/c1-22-13-18-30(35(43)37-23(2)34-24(3)38-36(45-34)25-14-16-27(44-4)17-15-25)33(19-22)42-21-26(39-40-42)20-41-31-11-7-5-9-28(31)29-10-6-8-12-32(29)41/h5-19,21,23H,20H2,1-4H3,(H,37,43). The molecule has 4 aromatic carbocycles. The fourth-order valence-corrected chi connectivity index (χ4v) is 6.93. The summed E-state index contributed by atoms with van der Waals surface area (Å²) in [7, 11) is 1.65. The van der Waals surface area contributed by atoms with Gasteiger partial charge in [0, 0.05) is 27.4 Å². The number of aromatic nitrogens is 5. The predicted molar refractivity (Wildman–Crippen MR) is 179 cm³/mol. The van der Waals surface area contributed by atoms with Crippen molar-refractivity contribution >= 4 is 39.0 Å². The molecule has 1 atom stereocenters. The number of nitrogens with one attached hydrogen (secondary N) is 1. The largest absolute Gasteiger partial charge is 0.497 e. The van der Waals surface area contributed by atoms with E-state index in [2.05, 4.69) is 68.7 Å². The molecule has 3 aromatic heterocycles. The van der Waals surface area contributed by atoms with Gasteiger partial charge in [0.25, 0.3) is 5.91 Å². The van der Waals surface area contributed by atoms with Gasteiger partial charge in [-0.3, -0.25) is 4.79 Å². The van der Waals surface area contributed by atoms with Crippen molar-refractivity contribution in [3.63, 3.8) is 0 Å². The number of para-hydroxylation sites is 2. The van der Waals surface area contributed by atoms with Crippen LogP contribution < -0.4 is 10.1 Å². The van der Waals surface area contributed by atoms with Crippen molar-refractivity contribution in [2.24, 2.45) is 0 Å². The Kier molecular flexibility index (Phi) is 7.39. The molecule has 0 saturated carbocycles. The third-order valence-electron chi connectivity index (χ3n) is 8.10. The second kappa shape index (κ2) is 11.7. The van der Waals surface area contributed by atoms with E-state index in [4.69, 9.17) is 9.72 Å². The van der Waals surface area contributed by atoms with E-state index in [1.54, 1.807) is 23.1 Å². The lowest BCUT2D eigenvalue weighted by Crippen LogP contribution is -2.27. The molecule has 0 aliphatic carbocycles. The number of fused-ring (bicyclic) bond motifs is 3. The smallest absolute Gasteiger partial charge is 0.253 e. The molecule has 0 aliphatic rings. The van der Waals surface area contributed by atoms with Crippen LogP contribution in [0.1, 0.15) is 45.2 Å². The van der Waals surface area contributed by atoms with Crippen LogP contribution in [0.4, 0.5) is 0 Å². The van der Waals surface area contributed by atoms with Gasteiger partial charge >= 0.3 is 0 Å². The Bertz CT molecular complexity index is 2120. The molecule has 0 spiro atoms. The molecular formula is C36H32N6O2S.